The average Bonchev–Trinajstić information content (AvgIpc) is 3.14. The van der Waals surface area contributed by atoms with Crippen LogP contribution in [0.4, 0.5) is 11.4 Å². The van der Waals surface area contributed by atoms with Crippen LogP contribution in [0.3, 0.4) is 0 Å². The summed E-state index contributed by atoms with van der Waals surface area (Å²) >= 11 is 0. The van der Waals surface area contributed by atoms with Crippen LogP contribution >= 0.6 is 0 Å². The molecule has 0 spiro atoms. The van der Waals surface area contributed by atoms with Gasteiger partial charge in [-0.1, -0.05) is 18.2 Å². The number of nitro groups is 1. The Kier molecular flexibility index (Phi) is 3.49. The monoisotopic (exact) mass is 354 g/mol. The lowest BCUT2D eigenvalue weighted by atomic mass is 9.77. The molecule has 3 heterocycles. The number of hydrogen-bond acceptors (Lipinski definition) is 6. The maximum atomic E-state index is 11.7. The summed E-state index contributed by atoms with van der Waals surface area (Å²) in [6.07, 6.45) is 1.83. The highest BCUT2D eigenvalue weighted by Gasteiger charge is 2.42. The molecule has 134 valence electrons. The number of anilines is 1. The third kappa shape index (κ3) is 2.31. The zero-order valence-electron chi connectivity index (χ0n) is 14.0. The molecule has 7 heteroatoms. The van der Waals surface area contributed by atoms with Crippen LogP contribution in [0, 0.1) is 16.0 Å². The molecule has 0 radical (unpaired) electrons. The van der Waals surface area contributed by atoms with Crippen molar-refractivity contribution in [2.75, 3.05) is 18.7 Å². The number of nitrogens with zero attached hydrogens (tertiary/aromatic N) is 1. The van der Waals surface area contributed by atoms with Crippen LogP contribution in [0.25, 0.3) is 0 Å². The summed E-state index contributed by atoms with van der Waals surface area (Å²) < 4.78 is 16.9. The molecule has 0 aliphatic carbocycles. The molecule has 7 nitrogen and oxygen atoms in total. The van der Waals surface area contributed by atoms with Crippen LogP contribution in [0.15, 0.2) is 36.4 Å². The van der Waals surface area contributed by atoms with E-state index in [2.05, 4.69) is 11.4 Å². The first-order valence-corrected chi connectivity index (χ1v) is 8.77. The zero-order chi connectivity index (χ0) is 17.7. The molecule has 5 rings (SSSR count). The number of hydrogen-bond donors (Lipinski definition) is 1. The number of benzene rings is 2. The van der Waals surface area contributed by atoms with Crippen molar-refractivity contribution < 1.29 is 19.1 Å². The highest BCUT2D eigenvalue weighted by atomic mass is 16.7. The second-order valence-electron chi connectivity index (χ2n) is 6.83. The summed E-state index contributed by atoms with van der Waals surface area (Å²) in [5, 5.41) is 15.2. The van der Waals surface area contributed by atoms with Crippen molar-refractivity contribution >= 4 is 11.4 Å². The molecule has 3 atom stereocenters. The minimum absolute atomic E-state index is 0.0513. The van der Waals surface area contributed by atoms with Gasteiger partial charge >= 0.3 is 0 Å². The molecule has 0 amide bonds. The normalized spacial score (nSPS) is 25.8. The molecule has 1 saturated heterocycles. The molecule has 0 saturated carbocycles. The van der Waals surface area contributed by atoms with Gasteiger partial charge in [-0.15, -0.1) is 0 Å². The van der Waals surface area contributed by atoms with Gasteiger partial charge in [0.15, 0.2) is 11.5 Å². The van der Waals surface area contributed by atoms with Gasteiger partial charge in [-0.05, 0) is 25.0 Å². The van der Waals surface area contributed by atoms with Crippen LogP contribution in [0.5, 0.6) is 11.5 Å². The molecule has 0 unspecified atom stereocenters. The van der Waals surface area contributed by atoms with E-state index in [1.807, 2.05) is 18.2 Å². The Hall–Kier alpha value is -2.80. The van der Waals surface area contributed by atoms with E-state index in [1.165, 1.54) is 6.07 Å². The minimum atomic E-state index is -0.349. The smallest absolute Gasteiger partial charge is 0.278 e. The Labute approximate surface area is 150 Å². The highest BCUT2D eigenvalue weighted by Crippen LogP contribution is 2.52. The molecule has 26 heavy (non-hydrogen) atoms. The molecule has 2 aromatic carbocycles. The predicted molar refractivity (Wildman–Crippen MR) is 93.4 cm³/mol. The Balaban J connectivity index is 1.65. The van der Waals surface area contributed by atoms with E-state index >= 15 is 0 Å². The highest BCUT2D eigenvalue weighted by molar-refractivity contribution is 5.62. The Morgan fingerprint density at radius 2 is 1.92 bits per heavy atom. The van der Waals surface area contributed by atoms with E-state index in [-0.39, 0.29) is 35.5 Å². The average molecular weight is 354 g/mol. The summed E-state index contributed by atoms with van der Waals surface area (Å²) in [6.45, 7) is 0.803. The number of nitrogens with one attached hydrogen (secondary N) is 1. The van der Waals surface area contributed by atoms with E-state index in [4.69, 9.17) is 14.2 Å². The fraction of sp³-hybridized carbons (Fsp3) is 0.368. The summed E-state index contributed by atoms with van der Waals surface area (Å²) in [5.74, 6) is 1.10. The molecule has 3 aliphatic rings. The van der Waals surface area contributed by atoms with Gasteiger partial charge in [0.1, 0.15) is 0 Å². The first kappa shape index (κ1) is 15.5. The van der Waals surface area contributed by atoms with Crippen molar-refractivity contribution in [3.8, 4) is 11.5 Å². The van der Waals surface area contributed by atoms with Gasteiger partial charge in [0.2, 0.25) is 6.79 Å². The van der Waals surface area contributed by atoms with Gasteiger partial charge < -0.3 is 19.5 Å². The number of fused-ring (bicyclic) bond motifs is 4. The third-order valence-corrected chi connectivity index (χ3v) is 5.43. The largest absolute Gasteiger partial charge is 0.454 e. The second kappa shape index (κ2) is 5.88. The maximum absolute atomic E-state index is 11.7. The number of ether oxygens (including phenoxy) is 3. The number of para-hydroxylation sites is 1. The van der Waals surface area contributed by atoms with Gasteiger partial charge in [-0.25, -0.2) is 0 Å². The van der Waals surface area contributed by atoms with Gasteiger partial charge in [-0.3, -0.25) is 10.1 Å². The van der Waals surface area contributed by atoms with Crippen molar-refractivity contribution in [1.29, 1.82) is 0 Å². The lowest BCUT2D eigenvalue weighted by molar-refractivity contribution is -0.385. The van der Waals surface area contributed by atoms with Crippen molar-refractivity contribution in [2.45, 2.75) is 25.0 Å². The topological polar surface area (TPSA) is 82.9 Å². The van der Waals surface area contributed by atoms with Crippen molar-refractivity contribution in [1.82, 2.24) is 0 Å². The second-order valence-corrected chi connectivity index (χ2v) is 6.83. The van der Waals surface area contributed by atoms with E-state index < -0.39 is 0 Å². The fourth-order valence-corrected chi connectivity index (χ4v) is 4.28. The van der Waals surface area contributed by atoms with Crippen LogP contribution in [-0.2, 0) is 4.74 Å². The third-order valence-electron chi connectivity index (χ3n) is 5.43. The Morgan fingerprint density at radius 1 is 1.12 bits per heavy atom. The van der Waals surface area contributed by atoms with Gasteiger partial charge in [0.05, 0.1) is 28.7 Å². The van der Waals surface area contributed by atoms with Crippen molar-refractivity contribution in [3.63, 3.8) is 0 Å². The standard InChI is InChI=1S/C19H18N2O5/c22-21(23)15-9-17-16(25-10-26-17)8-13(15)18-12-5-3-7-24-19(12)11-4-1-2-6-14(11)20-18/h1-2,4,6,8-9,12,18-20H,3,5,7,10H2/t12-,18+,19+/m0/s1. The van der Waals surface area contributed by atoms with Gasteiger partial charge in [-0.2, -0.15) is 0 Å². The van der Waals surface area contributed by atoms with Crippen LogP contribution in [0.1, 0.15) is 36.1 Å². The van der Waals surface area contributed by atoms with E-state index in [9.17, 15) is 10.1 Å². The maximum Gasteiger partial charge on any atom is 0.278 e. The van der Waals surface area contributed by atoms with Gasteiger partial charge in [0.25, 0.3) is 5.69 Å². The molecule has 2 aromatic rings. The first-order chi connectivity index (χ1) is 12.7. The van der Waals surface area contributed by atoms with Crippen LogP contribution < -0.4 is 14.8 Å². The van der Waals surface area contributed by atoms with Gasteiger partial charge in [0, 0.05) is 23.8 Å². The van der Waals surface area contributed by atoms with Crippen LogP contribution in [0.2, 0.25) is 0 Å². The molecule has 0 bridgehead atoms. The quantitative estimate of drug-likeness (QED) is 0.649. The lowest BCUT2D eigenvalue weighted by Crippen LogP contribution is -2.36. The molecule has 1 fully saturated rings. The van der Waals surface area contributed by atoms with E-state index in [0.717, 1.165) is 24.1 Å². The van der Waals surface area contributed by atoms with Crippen molar-refractivity contribution in [3.05, 3.63) is 57.6 Å². The fourth-order valence-electron chi connectivity index (χ4n) is 4.28. The van der Waals surface area contributed by atoms with Crippen molar-refractivity contribution in [2.24, 2.45) is 5.92 Å². The number of rotatable bonds is 2. The van der Waals surface area contributed by atoms with E-state index in [0.29, 0.717) is 23.7 Å². The molecule has 0 aromatic heterocycles. The molecule has 1 N–H and O–H groups in total. The molecular weight excluding hydrogens is 336 g/mol. The summed E-state index contributed by atoms with van der Waals surface area (Å²) in [5.41, 5.74) is 2.76. The van der Waals surface area contributed by atoms with Crippen LogP contribution in [-0.4, -0.2) is 18.3 Å². The van der Waals surface area contributed by atoms with E-state index in [1.54, 1.807) is 6.07 Å². The zero-order valence-corrected chi connectivity index (χ0v) is 14.0. The molecular formula is C19H18N2O5. The Bertz CT molecular complexity index is 884. The Morgan fingerprint density at radius 3 is 2.77 bits per heavy atom. The summed E-state index contributed by atoms with van der Waals surface area (Å²) in [4.78, 5) is 11.4. The first-order valence-electron chi connectivity index (χ1n) is 8.77. The molecule has 3 aliphatic heterocycles. The SMILES string of the molecule is O=[N+]([O-])c1cc2c(cc1[C@@H]1Nc3ccccc3[C@H]3OCCC[C@H]31)OCO2. The number of nitro benzene ring substituents is 1. The summed E-state index contributed by atoms with van der Waals surface area (Å²) in [6, 6.07) is 11.0. The summed E-state index contributed by atoms with van der Waals surface area (Å²) in [7, 11) is 0. The lowest BCUT2D eigenvalue weighted by Gasteiger charge is -2.43. The minimum Gasteiger partial charge on any atom is -0.454 e. The predicted octanol–water partition coefficient (Wildman–Crippen LogP) is 3.96.